The van der Waals surface area contributed by atoms with E-state index in [1.165, 1.54) is 19.2 Å². The maximum absolute atomic E-state index is 12.3. The molecule has 0 spiro atoms. The third kappa shape index (κ3) is 2.09. The standard InChI is InChI=1S/C16H14O4/c1-19-14-7-11(17)8-15-12(14)9-13(18)16(20-15)10-5-3-2-4-6-10/h2-8,16-17H,9H2,1H3. The van der Waals surface area contributed by atoms with Gasteiger partial charge in [-0.05, 0) is 5.56 Å². The molecule has 0 bridgehead atoms. The van der Waals surface area contributed by atoms with Crippen molar-refractivity contribution < 1.29 is 19.4 Å². The highest BCUT2D eigenvalue weighted by atomic mass is 16.5. The molecule has 1 aliphatic heterocycles. The highest BCUT2D eigenvalue weighted by Gasteiger charge is 2.31. The number of rotatable bonds is 2. The Hall–Kier alpha value is -2.49. The molecule has 0 radical (unpaired) electrons. The lowest BCUT2D eigenvalue weighted by Crippen LogP contribution is -2.26. The van der Waals surface area contributed by atoms with Crippen LogP contribution in [0.1, 0.15) is 17.2 Å². The van der Waals surface area contributed by atoms with E-state index in [-0.39, 0.29) is 18.0 Å². The number of phenolic OH excluding ortho intramolecular Hbond substituents is 1. The number of aromatic hydroxyl groups is 1. The first-order valence-electron chi connectivity index (χ1n) is 6.33. The van der Waals surface area contributed by atoms with Crippen molar-refractivity contribution in [2.75, 3.05) is 7.11 Å². The number of hydrogen-bond acceptors (Lipinski definition) is 4. The van der Waals surface area contributed by atoms with Gasteiger partial charge in [0.25, 0.3) is 0 Å². The van der Waals surface area contributed by atoms with Crippen LogP contribution in [0.15, 0.2) is 42.5 Å². The van der Waals surface area contributed by atoms with Gasteiger partial charge in [-0.3, -0.25) is 4.79 Å². The zero-order chi connectivity index (χ0) is 14.1. The lowest BCUT2D eigenvalue weighted by molar-refractivity contribution is -0.126. The van der Waals surface area contributed by atoms with E-state index in [0.717, 1.165) is 5.56 Å². The van der Waals surface area contributed by atoms with Crippen molar-refractivity contribution in [1.29, 1.82) is 0 Å². The molecule has 0 fully saturated rings. The largest absolute Gasteiger partial charge is 0.508 e. The van der Waals surface area contributed by atoms with E-state index >= 15 is 0 Å². The second-order valence-corrected chi connectivity index (χ2v) is 4.68. The molecule has 0 aliphatic carbocycles. The number of ether oxygens (including phenoxy) is 2. The fourth-order valence-corrected chi connectivity index (χ4v) is 2.41. The summed E-state index contributed by atoms with van der Waals surface area (Å²) < 4.78 is 11.0. The number of Topliss-reactive ketones (excluding diaryl/α,β-unsaturated/α-hetero) is 1. The van der Waals surface area contributed by atoms with Crippen molar-refractivity contribution in [3.05, 3.63) is 53.6 Å². The predicted octanol–water partition coefficient (Wildman–Crippen LogP) is 2.65. The number of ketones is 1. The molecule has 1 N–H and O–H groups in total. The SMILES string of the molecule is COc1cc(O)cc2c1CC(=O)C(c1ccccc1)O2. The van der Waals surface area contributed by atoms with Crippen LogP contribution in [-0.2, 0) is 11.2 Å². The molecular weight excluding hydrogens is 256 g/mol. The van der Waals surface area contributed by atoms with Crippen molar-refractivity contribution in [2.45, 2.75) is 12.5 Å². The van der Waals surface area contributed by atoms with Gasteiger partial charge >= 0.3 is 0 Å². The monoisotopic (exact) mass is 270 g/mol. The Kier molecular flexibility index (Phi) is 3.06. The minimum atomic E-state index is -0.629. The zero-order valence-corrected chi connectivity index (χ0v) is 11.0. The van der Waals surface area contributed by atoms with Gasteiger partial charge in [-0.2, -0.15) is 0 Å². The summed E-state index contributed by atoms with van der Waals surface area (Å²) in [5.41, 5.74) is 1.49. The number of carbonyl (C=O) groups is 1. The third-order valence-electron chi connectivity index (χ3n) is 3.36. The number of hydrogen-bond donors (Lipinski definition) is 1. The van der Waals surface area contributed by atoms with Crippen LogP contribution in [0.4, 0.5) is 0 Å². The first-order chi connectivity index (χ1) is 9.69. The quantitative estimate of drug-likeness (QED) is 0.911. The van der Waals surface area contributed by atoms with Crippen LogP contribution in [0.3, 0.4) is 0 Å². The number of fused-ring (bicyclic) bond motifs is 1. The Labute approximate surface area is 116 Å². The van der Waals surface area contributed by atoms with Gasteiger partial charge in [0.1, 0.15) is 17.2 Å². The molecule has 2 aromatic rings. The molecule has 1 atom stereocenters. The van der Waals surface area contributed by atoms with Gasteiger partial charge in [-0.25, -0.2) is 0 Å². The zero-order valence-electron chi connectivity index (χ0n) is 11.0. The molecule has 20 heavy (non-hydrogen) atoms. The van der Waals surface area contributed by atoms with Gasteiger partial charge < -0.3 is 14.6 Å². The van der Waals surface area contributed by atoms with Gasteiger partial charge in [0.2, 0.25) is 0 Å². The first-order valence-corrected chi connectivity index (χ1v) is 6.33. The van der Waals surface area contributed by atoms with Gasteiger partial charge in [-0.15, -0.1) is 0 Å². The van der Waals surface area contributed by atoms with Crippen LogP contribution < -0.4 is 9.47 Å². The summed E-state index contributed by atoms with van der Waals surface area (Å²) >= 11 is 0. The Bertz CT molecular complexity index is 649. The number of methoxy groups -OCH3 is 1. The molecule has 4 heteroatoms. The molecule has 2 aromatic carbocycles. The molecule has 0 saturated carbocycles. The first kappa shape index (κ1) is 12.5. The van der Waals surface area contributed by atoms with E-state index in [9.17, 15) is 9.90 Å². The molecule has 0 aromatic heterocycles. The topological polar surface area (TPSA) is 55.8 Å². The normalized spacial score (nSPS) is 17.2. The second-order valence-electron chi connectivity index (χ2n) is 4.68. The third-order valence-corrected chi connectivity index (χ3v) is 3.36. The number of carbonyl (C=O) groups excluding carboxylic acids is 1. The van der Waals surface area contributed by atoms with E-state index in [4.69, 9.17) is 9.47 Å². The molecular formula is C16H14O4. The van der Waals surface area contributed by atoms with Crippen molar-refractivity contribution in [3.63, 3.8) is 0 Å². The lowest BCUT2D eigenvalue weighted by atomic mass is 9.95. The van der Waals surface area contributed by atoms with Crippen LogP contribution in [0.25, 0.3) is 0 Å². The van der Waals surface area contributed by atoms with E-state index in [1.807, 2.05) is 30.3 Å². The summed E-state index contributed by atoms with van der Waals surface area (Å²) in [5.74, 6) is 1.00. The molecule has 1 heterocycles. The molecule has 0 amide bonds. The summed E-state index contributed by atoms with van der Waals surface area (Å²) in [5, 5.41) is 9.68. The molecule has 0 saturated heterocycles. The van der Waals surface area contributed by atoms with Crippen LogP contribution >= 0.6 is 0 Å². The Morgan fingerprint density at radius 1 is 1.25 bits per heavy atom. The minimum Gasteiger partial charge on any atom is -0.508 e. The molecule has 4 nitrogen and oxygen atoms in total. The second kappa shape index (κ2) is 4.89. The Morgan fingerprint density at radius 2 is 2.00 bits per heavy atom. The number of phenols is 1. The predicted molar refractivity (Wildman–Crippen MR) is 73.2 cm³/mol. The van der Waals surface area contributed by atoms with Crippen LogP contribution in [-0.4, -0.2) is 18.0 Å². The molecule has 1 aliphatic rings. The van der Waals surface area contributed by atoms with Crippen LogP contribution in [0.2, 0.25) is 0 Å². The lowest BCUT2D eigenvalue weighted by Gasteiger charge is -2.26. The van der Waals surface area contributed by atoms with Gasteiger partial charge in [0.05, 0.1) is 7.11 Å². The highest BCUT2D eigenvalue weighted by Crippen LogP contribution is 2.40. The highest BCUT2D eigenvalue weighted by molar-refractivity contribution is 5.89. The van der Waals surface area contributed by atoms with Gasteiger partial charge in [0, 0.05) is 24.1 Å². The van der Waals surface area contributed by atoms with Crippen molar-refractivity contribution in [2.24, 2.45) is 0 Å². The van der Waals surface area contributed by atoms with E-state index < -0.39 is 6.10 Å². The maximum atomic E-state index is 12.3. The van der Waals surface area contributed by atoms with Gasteiger partial charge in [-0.1, -0.05) is 30.3 Å². The maximum Gasteiger partial charge on any atom is 0.182 e. The average Bonchev–Trinajstić information content (AvgIpc) is 2.47. The summed E-state index contributed by atoms with van der Waals surface area (Å²) in [6.07, 6.45) is -0.395. The molecule has 1 unspecified atom stereocenters. The fraction of sp³-hybridized carbons (Fsp3) is 0.188. The molecule has 102 valence electrons. The van der Waals surface area contributed by atoms with Crippen molar-refractivity contribution >= 4 is 5.78 Å². The molecule has 3 rings (SSSR count). The Balaban J connectivity index is 2.02. The summed E-state index contributed by atoms with van der Waals surface area (Å²) in [6.45, 7) is 0. The van der Waals surface area contributed by atoms with E-state index in [0.29, 0.717) is 17.1 Å². The number of benzene rings is 2. The Morgan fingerprint density at radius 3 is 2.70 bits per heavy atom. The fourth-order valence-electron chi connectivity index (χ4n) is 2.41. The van der Waals surface area contributed by atoms with Crippen molar-refractivity contribution in [1.82, 2.24) is 0 Å². The average molecular weight is 270 g/mol. The van der Waals surface area contributed by atoms with Crippen LogP contribution in [0.5, 0.6) is 17.2 Å². The van der Waals surface area contributed by atoms with Crippen molar-refractivity contribution in [3.8, 4) is 17.2 Å². The summed E-state index contributed by atoms with van der Waals surface area (Å²) in [4.78, 5) is 12.3. The van der Waals surface area contributed by atoms with E-state index in [1.54, 1.807) is 0 Å². The van der Waals surface area contributed by atoms with Crippen LogP contribution in [0, 0.1) is 0 Å². The summed E-state index contributed by atoms with van der Waals surface area (Å²) in [7, 11) is 1.50. The minimum absolute atomic E-state index is 0.0207. The smallest absolute Gasteiger partial charge is 0.182 e. The van der Waals surface area contributed by atoms with Gasteiger partial charge in [0.15, 0.2) is 11.9 Å². The summed E-state index contributed by atoms with van der Waals surface area (Å²) in [6, 6.07) is 12.3. The van der Waals surface area contributed by atoms with E-state index in [2.05, 4.69) is 0 Å².